The van der Waals surface area contributed by atoms with Crippen LogP contribution in [0.5, 0.6) is 0 Å². The molecule has 1 heterocycles. The quantitative estimate of drug-likeness (QED) is 0.756. The van der Waals surface area contributed by atoms with E-state index in [1.807, 2.05) is 41.7 Å². The van der Waals surface area contributed by atoms with Gasteiger partial charge in [0.1, 0.15) is 0 Å². The van der Waals surface area contributed by atoms with Crippen molar-refractivity contribution in [3.8, 4) is 6.07 Å². The second-order valence-electron chi connectivity index (χ2n) is 3.59. The van der Waals surface area contributed by atoms with Crippen LogP contribution in [0.1, 0.15) is 12.0 Å². The third-order valence-corrected chi connectivity index (χ3v) is 5.16. The predicted octanol–water partition coefficient (Wildman–Crippen LogP) is 4.31. The number of allylic oxidation sites excluding steroid dienone is 2. The monoisotopic (exact) mass is 259 g/mol. The van der Waals surface area contributed by atoms with Crippen molar-refractivity contribution in [1.82, 2.24) is 0 Å². The molecule has 0 N–H and O–H groups in total. The van der Waals surface area contributed by atoms with Crippen molar-refractivity contribution in [2.24, 2.45) is 0 Å². The minimum Gasteiger partial charge on any atom is -0.193 e. The van der Waals surface area contributed by atoms with Gasteiger partial charge in [0.2, 0.25) is 0 Å². The van der Waals surface area contributed by atoms with Crippen molar-refractivity contribution in [1.29, 1.82) is 5.26 Å². The fourth-order valence-electron chi connectivity index (χ4n) is 1.54. The summed E-state index contributed by atoms with van der Waals surface area (Å²) in [7, 11) is 0. The Morgan fingerprint density at radius 1 is 1.24 bits per heavy atom. The maximum absolute atomic E-state index is 9.12. The third kappa shape index (κ3) is 3.69. The van der Waals surface area contributed by atoms with Gasteiger partial charge in [0.05, 0.1) is 15.9 Å². The van der Waals surface area contributed by atoms with Gasteiger partial charge in [-0.3, -0.25) is 0 Å². The molecule has 1 saturated heterocycles. The van der Waals surface area contributed by atoms with E-state index in [9.17, 15) is 0 Å². The molecule has 0 radical (unpaired) electrons. The molecule has 1 aromatic carbocycles. The molecule has 3 heteroatoms. The van der Waals surface area contributed by atoms with E-state index in [0.29, 0.717) is 0 Å². The Labute approximate surface area is 111 Å². The Morgan fingerprint density at radius 3 is 2.59 bits per heavy atom. The highest BCUT2D eigenvalue weighted by atomic mass is 32.2. The fraction of sp³-hybridized carbons (Fsp3) is 0.214. The van der Waals surface area contributed by atoms with Gasteiger partial charge in [0.25, 0.3) is 0 Å². The van der Waals surface area contributed by atoms with Gasteiger partial charge in [0.15, 0.2) is 0 Å². The van der Waals surface area contributed by atoms with Gasteiger partial charge in [0, 0.05) is 17.9 Å². The SMILES string of the molecule is N#CC(C/C=C/c1ccccc1)=C1SCCS1. The summed E-state index contributed by atoms with van der Waals surface area (Å²) in [5, 5.41) is 9.12. The van der Waals surface area contributed by atoms with Crippen molar-refractivity contribution in [2.45, 2.75) is 6.42 Å². The van der Waals surface area contributed by atoms with Crippen molar-refractivity contribution in [2.75, 3.05) is 11.5 Å². The van der Waals surface area contributed by atoms with E-state index in [-0.39, 0.29) is 0 Å². The molecule has 1 aromatic rings. The molecule has 0 aromatic heterocycles. The van der Waals surface area contributed by atoms with Gasteiger partial charge in [-0.05, 0) is 5.56 Å². The van der Waals surface area contributed by atoms with Crippen molar-refractivity contribution < 1.29 is 0 Å². The molecule has 0 bridgehead atoms. The van der Waals surface area contributed by atoms with Crippen molar-refractivity contribution >= 4 is 29.6 Å². The van der Waals surface area contributed by atoms with E-state index in [4.69, 9.17) is 5.26 Å². The van der Waals surface area contributed by atoms with E-state index < -0.39 is 0 Å². The molecule has 86 valence electrons. The standard InChI is InChI=1S/C14H13NS2/c15-11-13(14-16-9-10-17-14)8-4-7-12-5-2-1-3-6-12/h1-7H,8-10H2/b7-4+. The zero-order chi connectivity index (χ0) is 11.9. The Balaban J connectivity index is 2.00. The van der Waals surface area contributed by atoms with Gasteiger partial charge in [-0.2, -0.15) is 5.26 Å². The summed E-state index contributed by atoms with van der Waals surface area (Å²) in [5.41, 5.74) is 2.09. The van der Waals surface area contributed by atoms with E-state index >= 15 is 0 Å². The minimum absolute atomic E-state index is 0.737. The van der Waals surface area contributed by atoms with Crippen LogP contribution in [-0.4, -0.2) is 11.5 Å². The molecule has 0 spiro atoms. The van der Waals surface area contributed by atoms with E-state index in [0.717, 1.165) is 23.5 Å². The third-order valence-electron chi connectivity index (χ3n) is 2.36. The summed E-state index contributed by atoms with van der Waals surface area (Å²) in [5.74, 6) is 2.27. The van der Waals surface area contributed by atoms with Gasteiger partial charge in [-0.25, -0.2) is 0 Å². The Bertz CT molecular complexity index is 461. The summed E-state index contributed by atoms with van der Waals surface area (Å²) in [6.07, 6.45) is 4.88. The highest BCUT2D eigenvalue weighted by Crippen LogP contribution is 2.39. The molecule has 1 nitrogen and oxygen atoms in total. The highest BCUT2D eigenvalue weighted by Gasteiger charge is 2.12. The number of nitrogens with zero attached hydrogens (tertiary/aromatic N) is 1. The molecule has 1 aliphatic rings. The molecular formula is C14H13NS2. The Kier molecular flexibility index (Phi) is 4.78. The van der Waals surface area contributed by atoms with Gasteiger partial charge < -0.3 is 0 Å². The summed E-state index contributed by atoms with van der Waals surface area (Å²) in [4.78, 5) is 0. The average molecular weight is 259 g/mol. The number of nitriles is 1. The van der Waals surface area contributed by atoms with Crippen LogP contribution in [0.15, 0.2) is 46.2 Å². The van der Waals surface area contributed by atoms with E-state index in [1.165, 1.54) is 9.80 Å². The highest BCUT2D eigenvalue weighted by molar-refractivity contribution is 8.25. The number of rotatable bonds is 3. The maximum Gasteiger partial charge on any atom is 0.0967 e. The molecule has 0 saturated carbocycles. The second-order valence-corrected chi connectivity index (χ2v) is 6.06. The maximum atomic E-state index is 9.12. The topological polar surface area (TPSA) is 23.8 Å². The fourth-order valence-corrected chi connectivity index (χ4v) is 4.01. The largest absolute Gasteiger partial charge is 0.193 e. The molecule has 1 aliphatic heterocycles. The second kappa shape index (κ2) is 6.58. The van der Waals surface area contributed by atoms with Crippen LogP contribution >= 0.6 is 23.5 Å². The van der Waals surface area contributed by atoms with Gasteiger partial charge in [-0.15, -0.1) is 23.5 Å². The Hall–Kier alpha value is -1.11. The summed E-state index contributed by atoms with van der Waals surface area (Å²) < 4.78 is 1.21. The van der Waals surface area contributed by atoms with E-state index in [2.05, 4.69) is 30.4 Å². The molecule has 0 unspecified atom stereocenters. The lowest BCUT2D eigenvalue weighted by Crippen LogP contribution is -1.79. The van der Waals surface area contributed by atoms with Crippen LogP contribution in [0.4, 0.5) is 0 Å². The average Bonchev–Trinajstić information content (AvgIpc) is 2.90. The first-order chi connectivity index (χ1) is 8.40. The lowest BCUT2D eigenvalue weighted by Gasteiger charge is -1.98. The first-order valence-electron chi connectivity index (χ1n) is 5.50. The zero-order valence-electron chi connectivity index (χ0n) is 9.43. The van der Waals surface area contributed by atoms with Crippen LogP contribution in [0.25, 0.3) is 6.08 Å². The number of benzene rings is 1. The smallest absolute Gasteiger partial charge is 0.0967 e. The van der Waals surface area contributed by atoms with Crippen LogP contribution in [0.3, 0.4) is 0 Å². The number of hydrogen-bond donors (Lipinski definition) is 0. The van der Waals surface area contributed by atoms with Gasteiger partial charge in [-0.1, -0.05) is 42.5 Å². The van der Waals surface area contributed by atoms with Gasteiger partial charge >= 0.3 is 0 Å². The zero-order valence-corrected chi connectivity index (χ0v) is 11.1. The van der Waals surface area contributed by atoms with Crippen LogP contribution < -0.4 is 0 Å². The lowest BCUT2D eigenvalue weighted by molar-refractivity contribution is 1.29. The summed E-state index contributed by atoms with van der Waals surface area (Å²) in [6, 6.07) is 12.5. The molecule has 1 fully saturated rings. The Morgan fingerprint density at radius 2 is 1.94 bits per heavy atom. The first-order valence-corrected chi connectivity index (χ1v) is 7.47. The normalized spacial score (nSPS) is 15.1. The molecule has 0 aliphatic carbocycles. The van der Waals surface area contributed by atoms with Crippen LogP contribution in [-0.2, 0) is 0 Å². The molecule has 0 atom stereocenters. The molecule has 0 amide bonds. The predicted molar refractivity (Wildman–Crippen MR) is 77.6 cm³/mol. The molecule has 2 rings (SSSR count). The summed E-state index contributed by atoms with van der Waals surface area (Å²) in [6.45, 7) is 0. The molecular weight excluding hydrogens is 246 g/mol. The van der Waals surface area contributed by atoms with Crippen LogP contribution in [0.2, 0.25) is 0 Å². The van der Waals surface area contributed by atoms with Crippen molar-refractivity contribution in [3.05, 3.63) is 51.8 Å². The van der Waals surface area contributed by atoms with Crippen LogP contribution in [0, 0.1) is 11.3 Å². The van der Waals surface area contributed by atoms with Crippen molar-refractivity contribution in [3.63, 3.8) is 0 Å². The number of thioether (sulfide) groups is 2. The van der Waals surface area contributed by atoms with E-state index in [1.54, 1.807) is 0 Å². The minimum atomic E-state index is 0.737. The number of hydrogen-bond acceptors (Lipinski definition) is 3. The lowest BCUT2D eigenvalue weighted by atomic mass is 10.1. The first kappa shape index (κ1) is 12.3. The summed E-state index contributed by atoms with van der Waals surface area (Å²) >= 11 is 3.62. The molecule has 17 heavy (non-hydrogen) atoms.